The van der Waals surface area contributed by atoms with E-state index in [1.807, 2.05) is 9.80 Å². The van der Waals surface area contributed by atoms with Crippen LogP contribution in [0.15, 0.2) is 0 Å². The second kappa shape index (κ2) is 19.4. The first-order valence-corrected chi connectivity index (χ1v) is 12.5. The number of nitrogens with zero attached hydrogens (tertiary/aromatic N) is 2. The zero-order valence-corrected chi connectivity index (χ0v) is 23.7. The first-order chi connectivity index (χ1) is 12.1. The third-order valence-corrected chi connectivity index (χ3v) is 5.53. The summed E-state index contributed by atoms with van der Waals surface area (Å²) in [7, 11) is -8.41. The normalized spacial score (nSPS) is 12.1. The summed E-state index contributed by atoms with van der Waals surface area (Å²) in [5.41, 5.74) is 0. The van der Waals surface area contributed by atoms with Crippen molar-refractivity contribution in [3.8, 4) is 0 Å². The molecule has 0 rings (SSSR count). The van der Waals surface area contributed by atoms with Gasteiger partial charge < -0.3 is 18.9 Å². The van der Waals surface area contributed by atoms with Crippen LogP contribution in [0.2, 0.25) is 0 Å². The molecule has 0 radical (unpaired) electrons. The summed E-state index contributed by atoms with van der Waals surface area (Å²) in [6, 6.07) is 0. The minimum Gasteiger partial charge on any atom is -0.748 e. The Labute approximate surface area is 216 Å². The molecule has 0 fully saturated rings. The van der Waals surface area contributed by atoms with E-state index < -0.39 is 20.2 Å². The fourth-order valence-corrected chi connectivity index (χ4v) is 3.55. The summed E-state index contributed by atoms with van der Waals surface area (Å²) in [6.45, 7) is 7.55. The molecule has 0 N–H and O–H groups in total. The fraction of sp³-hybridized carbons (Fsp3) is 1.00. The van der Waals surface area contributed by atoms with E-state index in [1.54, 1.807) is 0 Å². The molecule has 0 saturated carbocycles. The molecule has 0 atom stereocenters. The van der Waals surface area contributed by atoms with Crippen molar-refractivity contribution in [3.63, 3.8) is 0 Å². The van der Waals surface area contributed by atoms with Crippen LogP contribution >= 0.6 is 0 Å². The van der Waals surface area contributed by atoms with Crippen LogP contribution in [0.4, 0.5) is 0 Å². The maximum atomic E-state index is 10.8. The van der Waals surface area contributed by atoms with Crippen LogP contribution in [0, 0.1) is 0 Å². The molecule has 0 aliphatic rings. The molecule has 0 unspecified atom stereocenters. The predicted octanol–water partition coefficient (Wildman–Crippen LogP) is -4.93. The van der Waals surface area contributed by atoms with Crippen LogP contribution in [-0.4, -0.2) is 86.5 Å². The Bertz CT molecular complexity index is 511. The standard InChI is InChI=1S/C16H36N2O6S2.2Na/c1-3-5-9-17(13-15-25(19,20)21)11-7-8-12-18(10-6-4-2)14-16-26(22,23)24;;/h3-16H2,1-2H3,(H,19,20,21)(H,22,23,24);;/q;2*+1/p-2. The monoisotopic (exact) mass is 460 g/mol. The van der Waals surface area contributed by atoms with Crippen LogP contribution in [0.3, 0.4) is 0 Å². The topological polar surface area (TPSA) is 121 Å². The molecule has 8 nitrogen and oxygen atoms in total. The average Bonchev–Trinajstić information content (AvgIpc) is 2.53. The van der Waals surface area contributed by atoms with E-state index in [0.717, 1.165) is 51.6 Å². The summed E-state index contributed by atoms with van der Waals surface area (Å²) in [6.07, 6.45) is 5.54. The molecule has 28 heavy (non-hydrogen) atoms. The van der Waals surface area contributed by atoms with Crippen molar-refractivity contribution in [2.45, 2.75) is 52.4 Å². The molecule has 12 heteroatoms. The van der Waals surface area contributed by atoms with Crippen molar-refractivity contribution in [1.29, 1.82) is 0 Å². The van der Waals surface area contributed by atoms with E-state index in [9.17, 15) is 25.9 Å². The summed E-state index contributed by atoms with van der Waals surface area (Å²) in [5, 5.41) is 0. The Kier molecular flexibility index (Phi) is 23.8. The van der Waals surface area contributed by atoms with Gasteiger partial charge in [0.05, 0.1) is 31.7 Å². The van der Waals surface area contributed by atoms with E-state index in [-0.39, 0.29) is 83.7 Å². The third-order valence-electron chi connectivity index (χ3n) is 4.17. The van der Waals surface area contributed by atoms with E-state index in [2.05, 4.69) is 13.8 Å². The minimum atomic E-state index is -4.21. The molecule has 0 heterocycles. The van der Waals surface area contributed by atoms with Gasteiger partial charge in [0.15, 0.2) is 0 Å². The van der Waals surface area contributed by atoms with Gasteiger partial charge in [-0.1, -0.05) is 26.7 Å². The van der Waals surface area contributed by atoms with E-state index in [1.165, 1.54) is 0 Å². The minimum absolute atomic E-state index is 0. The molecule has 0 aromatic carbocycles. The van der Waals surface area contributed by atoms with Gasteiger partial charge in [0.25, 0.3) is 0 Å². The second-order valence-corrected chi connectivity index (χ2v) is 9.67. The molecule has 0 saturated heterocycles. The number of rotatable bonds is 17. The molecule has 0 aliphatic carbocycles. The maximum Gasteiger partial charge on any atom is 1.00 e. The average molecular weight is 461 g/mol. The Balaban J connectivity index is -0.00000312. The van der Waals surface area contributed by atoms with Crippen molar-refractivity contribution < 1.29 is 85.1 Å². The van der Waals surface area contributed by atoms with Crippen LogP contribution in [0.25, 0.3) is 0 Å². The summed E-state index contributed by atoms with van der Waals surface area (Å²) >= 11 is 0. The SMILES string of the molecule is CCCCN(CCCCN(CCCC)CCS(=O)(=O)[O-])CCS(=O)(=O)[O-].[Na+].[Na+]. The molecule has 0 bridgehead atoms. The molecule has 0 aliphatic heterocycles. The first-order valence-electron chi connectivity index (χ1n) is 9.39. The van der Waals surface area contributed by atoms with Gasteiger partial charge in [-0.25, -0.2) is 16.8 Å². The van der Waals surface area contributed by atoms with E-state index in [0.29, 0.717) is 13.1 Å². The van der Waals surface area contributed by atoms with Crippen molar-refractivity contribution in [2.24, 2.45) is 0 Å². The van der Waals surface area contributed by atoms with Gasteiger partial charge in [0.1, 0.15) is 0 Å². The predicted molar refractivity (Wildman–Crippen MR) is 101 cm³/mol. The van der Waals surface area contributed by atoms with Crippen LogP contribution in [0.5, 0.6) is 0 Å². The number of hydrogen-bond acceptors (Lipinski definition) is 8. The summed E-state index contributed by atoms with van der Waals surface area (Å²) in [4.78, 5) is 3.99. The molecule has 0 aromatic heterocycles. The largest absolute Gasteiger partial charge is 1.00 e. The molecule has 0 amide bonds. The zero-order chi connectivity index (χ0) is 20.1. The van der Waals surface area contributed by atoms with Crippen LogP contribution in [-0.2, 0) is 20.2 Å². The molecule has 0 aromatic rings. The van der Waals surface area contributed by atoms with Crippen LogP contribution < -0.4 is 59.1 Å². The fourth-order valence-electron chi connectivity index (χ4n) is 2.59. The van der Waals surface area contributed by atoms with Gasteiger partial charge in [0, 0.05) is 13.1 Å². The Morgan fingerprint density at radius 2 is 0.857 bits per heavy atom. The quantitative estimate of drug-likeness (QED) is 0.120. The first kappa shape index (κ1) is 34.4. The Morgan fingerprint density at radius 1 is 0.571 bits per heavy atom. The molecular weight excluding hydrogens is 426 g/mol. The summed E-state index contributed by atoms with van der Waals surface area (Å²) < 4.78 is 64.9. The van der Waals surface area contributed by atoms with Gasteiger partial charge in [-0.2, -0.15) is 0 Å². The molecule has 0 spiro atoms. The van der Waals surface area contributed by atoms with Crippen molar-refractivity contribution >= 4 is 20.2 Å². The van der Waals surface area contributed by atoms with Gasteiger partial charge in [-0.15, -0.1) is 0 Å². The maximum absolute atomic E-state index is 10.8. The van der Waals surface area contributed by atoms with Gasteiger partial charge in [0.2, 0.25) is 0 Å². The molecular formula is C16H34N2Na2O6S2. The van der Waals surface area contributed by atoms with Crippen molar-refractivity contribution in [3.05, 3.63) is 0 Å². The number of hydrogen-bond donors (Lipinski definition) is 0. The van der Waals surface area contributed by atoms with E-state index in [4.69, 9.17) is 0 Å². The van der Waals surface area contributed by atoms with Gasteiger partial charge in [-0.3, -0.25) is 0 Å². The van der Waals surface area contributed by atoms with Crippen LogP contribution in [0.1, 0.15) is 52.4 Å². The van der Waals surface area contributed by atoms with Crippen molar-refractivity contribution in [1.82, 2.24) is 9.80 Å². The Morgan fingerprint density at radius 3 is 1.11 bits per heavy atom. The third kappa shape index (κ3) is 24.0. The van der Waals surface area contributed by atoms with Crippen molar-refractivity contribution in [2.75, 3.05) is 50.8 Å². The second-order valence-electron chi connectivity index (χ2n) is 6.62. The molecule has 158 valence electrons. The Hall–Kier alpha value is 1.74. The van der Waals surface area contributed by atoms with Gasteiger partial charge in [-0.05, 0) is 51.9 Å². The van der Waals surface area contributed by atoms with Gasteiger partial charge >= 0.3 is 59.1 Å². The zero-order valence-electron chi connectivity index (χ0n) is 18.1. The smallest absolute Gasteiger partial charge is 0.748 e. The van der Waals surface area contributed by atoms with E-state index >= 15 is 0 Å². The summed E-state index contributed by atoms with van der Waals surface area (Å²) in [5.74, 6) is -0.749. The number of unbranched alkanes of at least 4 members (excludes halogenated alkanes) is 3.